The SMILES string of the molecule is CC(C)[C@@H]1CN(C(=O)c2cnn3ccccc23)CCCN1CC1CC1. The average Bonchev–Trinajstić information content (AvgIpc) is 3.36. The Balaban J connectivity index is 1.55. The fraction of sp³-hybridized carbons (Fsp3) is 0.600. The van der Waals surface area contributed by atoms with Crippen molar-refractivity contribution in [2.75, 3.05) is 26.2 Å². The lowest BCUT2D eigenvalue weighted by atomic mass is 10.0. The number of nitrogens with zero attached hydrogens (tertiary/aromatic N) is 4. The van der Waals surface area contributed by atoms with Gasteiger partial charge in [-0.05, 0) is 43.2 Å². The monoisotopic (exact) mass is 340 g/mol. The largest absolute Gasteiger partial charge is 0.337 e. The highest BCUT2D eigenvalue weighted by Crippen LogP contribution is 2.32. The van der Waals surface area contributed by atoms with Gasteiger partial charge in [0.2, 0.25) is 0 Å². The highest BCUT2D eigenvalue weighted by atomic mass is 16.2. The van der Waals surface area contributed by atoms with E-state index >= 15 is 0 Å². The topological polar surface area (TPSA) is 40.9 Å². The molecule has 4 rings (SSSR count). The van der Waals surface area contributed by atoms with Crippen molar-refractivity contribution < 1.29 is 4.79 Å². The van der Waals surface area contributed by atoms with Crippen LogP contribution in [0, 0.1) is 11.8 Å². The molecule has 0 radical (unpaired) electrons. The molecule has 1 atom stereocenters. The smallest absolute Gasteiger partial charge is 0.257 e. The van der Waals surface area contributed by atoms with E-state index in [2.05, 4.69) is 28.7 Å². The van der Waals surface area contributed by atoms with E-state index in [1.807, 2.05) is 24.4 Å². The Bertz CT molecular complexity index is 749. The van der Waals surface area contributed by atoms with Crippen molar-refractivity contribution in [1.82, 2.24) is 19.4 Å². The molecule has 1 aliphatic carbocycles. The third-order valence-electron chi connectivity index (χ3n) is 5.65. The first kappa shape index (κ1) is 16.6. The van der Waals surface area contributed by atoms with E-state index in [9.17, 15) is 4.79 Å². The molecule has 134 valence electrons. The molecule has 5 heteroatoms. The molecule has 2 aromatic heterocycles. The Morgan fingerprint density at radius 2 is 2.12 bits per heavy atom. The molecule has 1 aliphatic heterocycles. The number of amides is 1. The second-order valence-corrected chi connectivity index (χ2v) is 7.94. The van der Waals surface area contributed by atoms with Crippen LogP contribution in [0.3, 0.4) is 0 Å². The molecule has 25 heavy (non-hydrogen) atoms. The first-order chi connectivity index (χ1) is 12.1. The number of rotatable bonds is 4. The van der Waals surface area contributed by atoms with Gasteiger partial charge in [-0.25, -0.2) is 4.52 Å². The number of carbonyl (C=O) groups is 1. The van der Waals surface area contributed by atoms with Crippen LogP contribution in [0.15, 0.2) is 30.6 Å². The normalized spacial score (nSPS) is 22.5. The van der Waals surface area contributed by atoms with Gasteiger partial charge < -0.3 is 4.90 Å². The summed E-state index contributed by atoms with van der Waals surface area (Å²) in [4.78, 5) is 17.9. The lowest BCUT2D eigenvalue weighted by Gasteiger charge is -2.34. The summed E-state index contributed by atoms with van der Waals surface area (Å²) in [6.45, 7) is 8.56. The molecule has 2 aliphatic rings. The highest BCUT2D eigenvalue weighted by molar-refractivity contribution is 6.00. The number of fused-ring (bicyclic) bond motifs is 1. The Morgan fingerprint density at radius 1 is 1.28 bits per heavy atom. The first-order valence-electron chi connectivity index (χ1n) is 9.59. The number of hydrogen-bond donors (Lipinski definition) is 0. The summed E-state index contributed by atoms with van der Waals surface area (Å²) in [5, 5.41) is 4.33. The molecular weight excluding hydrogens is 312 g/mol. The van der Waals surface area contributed by atoms with Gasteiger partial charge in [0, 0.05) is 38.4 Å². The number of hydrogen-bond acceptors (Lipinski definition) is 3. The number of carbonyl (C=O) groups excluding carboxylic acids is 1. The molecule has 0 aromatic carbocycles. The molecular formula is C20H28N4O. The maximum absolute atomic E-state index is 13.2. The summed E-state index contributed by atoms with van der Waals surface area (Å²) in [6.07, 6.45) is 7.43. The minimum absolute atomic E-state index is 0.125. The van der Waals surface area contributed by atoms with Crippen LogP contribution in [0.5, 0.6) is 0 Å². The molecule has 2 fully saturated rings. The summed E-state index contributed by atoms with van der Waals surface area (Å²) in [5.74, 6) is 1.57. The van der Waals surface area contributed by atoms with Crippen LogP contribution in [0.25, 0.3) is 5.52 Å². The van der Waals surface area contributed by atoms with Crippen molar-refractivity contribution in [3.8, 4) is 0 Å². The predicted octanol–water partition coefficient (Wildman–Crippen LogP) is 2.92. The number of aromatic nitrogens is 2. The van der Waals surface area contributed by atoms with Crippen LogP contribution in [0.4, 0.5) is 0 Å². The van der Waals surface area contributed by atoms with Crippen LogP contribution >= 0.6 is 0 Å². The minimum atomic E-state index is 0.125. The van der Waals surface area contributed by atoms with Gasteiger partial charge >= 0.3 is 0 Å². The van der Waals surface area contributed by atoms with Crippen molar-refractivity contribution in [3.05, 3.63) is 36.2 Å². The summed E-state index contributed by atoms with van der Waals surface area (Å²) < 4.78 is 1.78. The molecule has 5 nitrogen and oxygen atoms in total. The summed E-state index contributed by atoms with van der Waals surface area (Å²) >= 11 is 0. The molecule has 0 unspecified atom stereocenters. The van der Waals surface area contributed by atoms with Gasteiger partial charge in [-0.3, -0.25) is 9.69 Å². The highest BCUT2D eigenvalue weighted by Gasteiger charge is 2.33. The van der Waals surface area contributed by atoms with Crippen molar-refractivity contribution in [2.24, 2.45) is 11.8 Å². The molecule has 0 N–H and O–H groups in total. The van der Waals surface area contributed by atoms with Crippen LogP contribution in [0.1, 0.15) is 43.5 Å². The van der Waals surface area contributed by atoms with E-state index in [-0.39, 0.29) is 5.91 Å². The van der Waals surface area contributed by atoms with E-state index in [0.717, 1.165) is 43.1 Å². The van der Waals surface area contributed by atoms with Crippen LogP contribution < -0.4 is 0 Å². The van der Waals surface area contributed by atoms with Gasteiger partial charge in [0.15, 0.2) is 0 Å². The average molecular weight is 340 g/mol. The molecule has 1 amide bonds. The van der Waals surface area contributed by atoms with Crippen molar-refractivity contribution in [1.29, 1.82) is 0 Å². The van der Waals surface area contributed by atoms with Crippen LogP contribution in [0.2, 0.25) is 0 Å². The van der Waals surface area contributed by atoms with Gasteiger partial charge in [0.05, 0.1) is 17.3 Å². The fourth-order valence-electron chi connectivity index (χ4n) is 4.01. The second kappa shape index (κ2) is 6.79. The Morgan fingerprint density at radius 3 is 2.88 bits per heavy atom. The standard InChI is InChI=1S/C20H28N4O/c1-15(2)19-14-23(10-5-9-22(19)13-16-7-8-16)20(25)17-12-21-24-11-4-3-6-18(17)24/h3-4,6,11-12,15-16,19H,5,7-10,13-14H2,1-2H3/t19-/m0/s1. The minimum Gasteiger partial charge on any atom is -0.337 e. The molecule has 1 saturated heterocycles. The second-order valence-electron chi connectivity index (χ2n) is 7.94. The van der Waals surface area contributed by atoms with Gasteiger partial charge in [0.25, 0.3) is 5.91 Å². The van der Waals surface area contributed by atoms with Crippen molar-refractivity contribution >= 4 is 11.4 Å². The molecule has 0 bridgehead atoms. The van der Waals surface area contributed by atoms with E-state index < -0.39 is 0 Å². The van der Waals surface area contributed by atoms with Crippen molar-refractivity contribution in [2.45, 2.75) is 39.2 Å². The van der Waals surface area contributed by atoms with Gasteiger partial charge in [-0.1, -0.05) is 19.9 Å². The summed E-state index contributed by atoms with van der Waals surface area (Å²) in [6, 6.07) is 6.32. The maximum Gasteiger partial charge on any atom is 0.257 e. The van der Waals surface area contributed by atoms with Crippen LogP contribution in [-0.4, -0.2) is 57.5 Å². The zero-order chi connectivity index (χ0) is 17.4. The first-order valence-corrected chi connectivity index (χ1v) is 9.59. The number of pyridine rings is 1. The third-order valence-corrected chi connectivity index (χ3v) is 5.65. The zero-order valence-electron chi connectivity index (χ0n) is 15.3. The zero-order valence-corrected chi connectivity index (χ0v) is 15.3. The van der Waals surface area contributed by atoms with Gasteiger partial charge in [-0.15, -0.1) is 0 Å². The Labute approximate surface area is 149 Å². The summed E-state index contributed by atoms with van der Waals surface area (Å²) in [7, 11) is 0. The third kappa shape index (κ3) is 3.43. The van der Waals surface area contributed by atoms with E-state index in [1.165, 1.54) is 19.4 Å². The molecule has 1 saturated carbocycles. The Hall–Kier alpha value is -1.88. The van der Waals surface area contributed by atoms with Crippen LogP contribution in [-0.2, 0) is 0 Å². The molecule has 3 heterocycles. The fourth-order valence-corrected chi connectivity index (χ4v) is 4.01. The maximum atomic E-state index is 13.2. The van der Waals surface area contributed by atoms with Crippen molar-refractivity contribution in [3.63, 3.8) is 0 Å². The van der Waals surface area contributed by atoms with E-state index in [0.29, 0.717) is 12.0 Å². The lowest BCUT2D eigenvalue weighted by molar-refractivity contribution is 0.0706. The van der Waals surface area contributed by atoms with E-state index in [1.54, 1.807) is 10.7 Å². The molecule has 0 spiro atoms. The van der Waals surface area contributed by atoms with Gasteiger partial charge in [0.1, 0.15) is 0 Å². The Kier molecular flexibility index (Phi) is 4.50. The van der Waals surface area contributed by atoms with Gasteiger partial charge in [-0.2, -0.15) is 5.10 Å². The van der Waals surface area contributed by atoms with E-state index in [4.69, 9.17) is 0 Å². The predicted molar refractivity (Wildman–Crippen MR) is 98.6 cm³/mol. The quantitative estimate of drug-likeness (QED) is 0.859. The summed E-state index contributed by atoms with van der Waals surface area (Å²) in [5.41, 5.74) is 1.62. The lowest BCUT2D eigenvalue weighted by Crippen LogP contribution is -2.46. The molecule has 2 aromatic rings.